The molecular weight excluding hydrogens is 551 g/mol. The van der Waals surface area contributed by atoms with E-state index in [1.54, 1.807) is 0 Å². The summed E-state index contributed by atoms with van der Waals surface area (Å²) in [6.07, 6.45) is -0.263. The SMILES string of the molecule is C[C@H]1OP(c2ccccc2)(c2ccccc2)(c2ccccc2)C(C(=O)OCc2ccccc2)[C@H]1CC(=O)c1ccccc1. The van der Waals surface area contributed by atoms with Crippen molar-refractivity contribution in [2.45, 2.75) is 31.7 Å². The number of carbonyl (C=O) groups is 2. The maximum atomic E-state index is 14.9. The predicted molar refractivity (Wildman–Crippen MR) is 175 cm³/mol. The fourth-order valence-electron chi connectivity index (χ4n) is 6.82. The van der Waals surface area contributed by atoms with E-state index < -0.39 is 24.5 Å². The quantitative estimate of drug-likeness (QED) is 0.108. The Morgan fingerprint density at radius 3 is 1.51 bits per heavy atom. The number of Topliss-reactive ketones (excluding diaryl/α,β-unsaturated/α-hetero) is 1. The Morgan fingerprint density at radius 2 is 1.05 bits per heavy atom. The van der Waals surface area contributed by atoms with Crippen LogP contribution in [0.4, 0.5) is 0 Å². The van der Waals surface area contributed by atoms with E-state index in [0.29, 0.717) is 5.56 Å². The van der Waals surface area contributed by atoms with E-state index in [1.807, 2.05) is 122 Å². The van der Waals surface area contributed by atoms with Gasteiger partial charge in [0.05, 0.1) is 0 Å². The summed E-state index contributed by atoms with van der Waals surface area (Å²) in [6.45, 7) is -1.96. The van der Waals surface area contributed by atoms with Gasteiger partial charge in [0.15, 0.2) is 0 Å². The summed E-state index contributed by atoms with van der Waals surface area (Å²) in [5, 5.41) is 2.82. The van der Waals surface area contributed by atoms with Crippen LogP contribution in [0.2, 0.25) is 0 Å². The molecule has 1 heterocycles. The van der Waals surface area contributed by atoms with Crippen LogP contribution in [0.15, 0.2) is 152 Å². The molecule has 1 aliphatic heterocycles. The third-order valence-corrected chi connectivity index (χ3v) is 15.1. The summed E-state index contributed by atoms with van der Waals surface area (Å²) in [6, 6.07) is 49.4. The Labute approximate surface area is 253 Å². The molecule has 0 amide bonds. The number of rotatable bonds is 9. The van der Waals surface area contributed by atoms with E-state index in [1.165, 1.54) is 0 Å². The number of carbonyl (C=O) groups excluding carboxylic acids is 2. The third kappa shape index (κ3) is 4.91. The van der Waals surface area contributed by atoms with Crippen LogP contribution in [0.3, 0.4) is 0 Å². The first-order chi connectivity index (χ1) is 21.0. The average Bonchev–Trinajstić information content (AvgIpc) is 3.35. The molecule has 5 heteroatoms. The van der Waals surface area contributed by atoms with E-state index in [0.717, 1.165) is 21.5 Å². The Morgan fingerprint density at radius 1 is 0.628 bits per heavy atom. The molecule has 43 heavy (non-hydrogen) atoms. The van der Waals surface area contributed by atoms with Gasteiger partial charge in [-0.15, -0.1) is 0 Å². The van der Waals surface area contributed by atoms with Gasteiger partial charge in [-0.1, -0.05) is 0 Å². The summed E-state index contributed by atoms with van der Waals surface area (Å²) in [4.78, 5) is 28.7. The topological polar surface area (TPSA) is 52.6 Å². The second kappa shape index (κ2) is 12.1. The second-order valence-electron chi connectivity index (χ2n) is 11.1. The molecule has 0 bridgehead atoms. The van der Waals surface area contributed by atoms with Crippen molar-refractivity contribution in [3.05, 3.63) is 163 Å². The van der Waals surface area contributed by atoms with Crippen molar-refractivity contribution in [1.82, 2.24) is 0 Å². The van der Waals surface area contributed by atoms with Crippen LogP contribution in [0.25, 0.3) is 0 Å². The molecule has 0 aromatic heterocycles. The first-order valence-corrected chi connectivity index (χ1v) is 16.9. The fourth-order valence-corrected chi connectivity index (χ4v) is 13.9. The summed E-state index contributed by atoms with van der Waals surface area (Å²) in [7, 11) is 0. The van der Waals surface area contributed by atoms with Gasteiger partial charge in [0.1, 0.15) is 0 Å². The zero-order valence-corrected chi connectivity index (χ0v) is 25.1. The van der Waals surface area contributed by atoms with Crippen LogP contribution >= 0.6 is 6.83 Å². The van der Waals surface area contributed by atoms with Crippen molar-refractivity contribution in [3.63, 3.8) is 0 Å². The minimum absolute atomic E-state index is 0.0189. The molecule has 4 nitrogen and oxygen atoms in total. The van der Waals surface area contributed by atoms with Crippen molar-refractivity contribution in [1.29, 1.82) is 0 Å². The number of hydrogen-bond acceptors (Lipinski definition) is 4. The van der Waals surface area contributed by atoms with E-state index in [4.69, 9.17) is 9.26 Å². The normalized spacial score (nSPS) is 21.2. The van der Waals surface area contributed by atoms with E-state index in [9.17, 15) is 9.59 Å². The van der Waals surface area contributed by atoms with Crippen LogP contribution in [0, 0.1) is 5.92 Å². The maximum absolute atomic E-state index is 14.9. The minimum atomic E-state index is -4.10. The molecule has 0 radical (unpaired) electrons. The number of ether oxygens (including phenoxy) is 1. The average molecular weight is 587 g/mol. The molecule has 0 spiro atoms. The Kier molecular flexibility index (Phi) is 8.08. The molecule has 3 atom stereocenters. The number of benzene rings is 5. The monoisotopic (exact) mass is 586 g/mol. The van der Waals surface area contributed by atoms with Crippen LogP contribution in [-0.2, 0) is 20.7 Å². The summed E-state index contributed by atoms with van der Waals surface area (Å²) in [5.74, 6) is -0.808. The van der Waals surface area contributed by atoms with Crippen molar-refractivity contribution in [3.8, 4) is 0 Å². The number of hydrogen-bond donors (Lipinski definition) is 0. The van der Waals surface area contributed by atoms with Crippen molar-refractivity contribution < 1.29 is 18.8 Å². The van der Waals surface area contributed by atoms with E-state index in [2.05, 4.69) is 36.4 Å². The molecule has 1 fully saturated rings. The Bertz CT molecular complexity index is 1580. The molecule has 216 valence electrons. The first kappa shape index (κ1) is 28.7. The van der Waals surface area contributed by atoms with Crippen LogP contribution in [0.5, 0.6) is 0 Å². The van der Waals surface area contributed by atoms with Gasteiger partial charge in [0.2, 0.25) is 0 Å². The van der Waals surface area contributed by atoms with Gasteiger partial charge in [-0.25, -0.2) is 0 Å². The molecule has 1 saturated heterocycles. The van der Waals surface area contributed by atoms with Crippen molar-refractivity contribution >= 4 is 34.5 Å². The van der Waals surface area contributed by atoms with Crippen LogP contribution < -0.4 is 15.9 Å². The summed E-state index contributed by atoms with van der Waals surface area (Å²) < 4.78 is 13.7. The standard InChI is InChI=1S/C38H35O4P/c1-29-35(27-36(39)31-19-9-3-10-20-31)37(38(40)41-28-30-17-7-2-8-18-30)43(42-29,32-21-11-4-12-22-32,33-23-13-5-14-24-33)34-25-15-6-16-26-34/h2-26,29,35,37H,27-28H2,1H3/t29-,35+,37?/m1/s1. The first-order valence-electron chi connectivity index (χ1n) is 14.7. The number of ketones is 1. The van der Waals surface area contributed by atoms with Gasteiger partial charge >= 0.3 is 254 Å². The van der Waals surface area contributed by atoms with Gasteiger partial charge in [-0.3, -0.25) is 0 Å². The summed E-state index contributed by atoms with van der Waals surface area (Å²) in [5.41, 5.74) is 0.765. The van der Waals surface area contributed by atoms with Gasteiger partial charge in [0, 0.05) is 0 Å². The molecule has 0 N–H and O–H groups in total. The molecule has 1 aliphatic rings. The molecule has 5 aromatic carbocycles. The second-order valence-corrected chi connectivity index (χ2v) is 15.6. The summed E-state index contributed by atoms with van der Waals surface area (Å²) >= 11 is 0. The Balaban J connectivity index is 1.61. The number of esters is 1. The van der Waals surface area contributed by atoms with Crippen molar-refractivity contribution in [2.24, 2.45) is 5.92 Å². The molecule has 0 saturated carbocycles. The van der Waals surface area contributed by atoms with Crippen molar-refractivity contribution in [2.75, 3.05) is 0 Å². The molecule has 0 aliphatic carbocycles. The fraction of sp³-hybridized carbons (Fsp3) is 0.158. The Hall–Kier alpha value is -4.37. The van der Waals surface area contributed by atoms with Gasteiger partial charge in [-0.2, -0.15) is 0 Å². The van der Waals surface area contributed by atoms with E-state index >= 15 is 0 Å². The van der Waals surface area contributed by atoms with Crippen LogP contribution in [-0.4, -0.2) is 23.5 Å². The molecule has 1 unspecified atom stereocenters. The zero-order chi connectivity index (χ0) is 29.7. The zero-order valence-electron chi connectivity index (χ0n) is 24.2. The van der Waals surface area contributed by atoms with Gasteiger partial charge in [0.25, 0.3) is 0 Å². The predicted octanol–water partition coefficient (Wildman–Crippen LogP) is 6.85. The van der Waals surface area contributed by atoms with Gasteiger partial charge < -0.3 is 0 Å². The third-order valence-electron chi connectivity index (χ3n) is 8.71. The molecule has 6 rings (SSSR count). The molecular formula is C38H35O4P. The van der Waals surface area contributed by atoms with Crippen LogP contribution in [0.1, 0.15) is 29.3 Å². The molecule has 5 aromatic rings. The van der Waals surface area contributed by atoms with E-state index in [-0.39, 0.29) is 24.8 Å². The van der Waals surface area contributed by atoms with Gasteiger partial charge in [-0.05, 0) is 0 Å².